The minimum absolute atomic E-state index is 0.0723. The van der Waals surface area contributed by atoms with Gasteiger partial charge in [-0.15, -0.1) is 0 Å². The number of H-pyrrole nitrogens is 1. The van der Waals surface area contributed by atoms with Gasteiger partial charge in [0.05, 0.1) is 12.6 Å². The van der Waals surface area contributed by atoms with Crippen molar-refractivity contribution in [3.63, 3.8) is 0 Å². The van der Waals surface area contributed by atoms with Gasteiger partial charge >= 0.3 is 0 Å². The third-order valence-corrected chi connectivity index (χ3v) is 6.79. The molecule has 2 amide bonds. The Bertz CT molecular complexity index is 1100. The van der Waals surface area contributed by atoms with Gasteiger partial charge in [0.2, 0.25) is 11.8 Å². The molecule has 1 N–H and O–H groups in total. The molecule has 1 fully saturated rings. The Hall–Kier alpha value is -3.08. The van der Waals surface area contributed by atoms with Gasteiger partial charge in [0.25, 0.3) is 0 Å². The van der Waals surface area contributed by atoms with Crippen molar-refractivity contribution < 1.29 is 9.59 Å². The largest absolute Gasteiger partial charge is 0.356 e. The van der Waals surface area contributed by atoms with Gasteiger partial charge < -0.3 is 14.8 Å². The molecule has 5 rings (SSSR count). The third-order valence-electron chi connectivity index (χ3n) is 6.79. The summed E-state index contributed by atoms with van der Waals surface area (Å²) < 4.78 is 0. The average molecular weight is 416 g/mol. The molecule has 2 atom stereocenters. The Morgan fingerprint density at radius 2 is 1.81 bits per heavy atom. The van der Waals surface area contributed by atoms with E-state index in [1.54, 1.807) is 4.90 Å². The van der Waals surface area contributed by atoms with Gasteiger partial charge in [-0.05, 0) is 36.5 Å². The summed E-state index contributed by atoms with van der Waals surface area (Å²) in [5.41, 5.74) is 4.65. The number of amides is 2. The molecule has 2 aromatic carbocycles. The van der Waals surface area contributed by atoms with Gasteiger partial charge in [-0.2, -0.15) is 0 Å². The molecule has 1 unspecified atom stereocenters. The van der Waals surface area contributed by atoms with Crippen LogP contribution in [0.15, 0.2) is 54.6 Å². The Balaban J connectivity index is 1.53. The number of aryl methyl sites for hydroxylation is 1. The van der Waals surface area contributed by atoms with Gasteiger partial charge in [0, 0.05) is 29.6 Å². The number of aromatic amines is 1. The van der Waals surface area contributed by atoms with E-state index >= 15 is 0 Å². The SMILES string of the molecule is CCCCN1CC(=O)N2C(CCc3ccccc3)c3[nH]c4ccccc4c3C[C@@H]2C1=O. The van der Waals surface area contributed by atoms with E-state index in [0.29, 0.717) is 13.0 Å². The summed E-state index contributed by atoms with van der Waals surface area (Å²) in [7, 11) is 0. The molecule has 5 heteroatoms. The first kappa shape index (κ1) is 19.9. The summed E-state index contributed by atoms with van der Waals surface area (Å²) in [6.07, 6.45) is 4.20. The number of carbonyl (C=O) groups is 2. The quantitative estimate of drug-likeness (QED) is 0.655. The number of para-hydroxylation sites is 1. The van der Waals surface area contributed by atoms with Crippen molar-refractivity contribution in [1.82, 2.24) is 14.8 Å². The highest BCUT2D eigenvalue weighted by Gasteiger charge is 2.47. The van der Waals surface area contributed by atoms with E-state index in [9.17, 15) is 9.59 Å². The molecule has 3 aromatic rings. The second kappa shape index (κ2) is 8.22. The summed E-state index contributed by atoms with van der Waals surface area (Å²) >= 11 is 0. The molecule has 160 valence electrons. The zero-order chi connectivity index (χ0) is 21.4. The topological polar surface area (TPSA) is 56.4 Å². The van der Waals surface area contributed by atoms with E-state index in [1.807, 2.05) is 23.1 Å². The van der Waals surface area contributed by atoms with E-state index in [0.717, 1.165) is 36.9 Å². The summed E-state index contributed by atoms with van der Waals surface area (Å²) in [4.78, 5) is 34.0. The van der Waals surface area contributed by atoms with Crippen LogP contribution in [0.3, 0.4) is 0 Å². The van der Waals surface area contributed by atoms with Crippen molar-refractivity contribution in [3.8, 4) is 0 Å². The number of rotatable bonds is 6. The normalized spacial score (nSPS) is 20.8. The van der Waals surface area contributed by atoms with Crippen LogP contribution in [-0.2, 0) is 22.4 Å². The fraction of sp³-hybridized carbons (Fsp3) is 0.385. The first-order chi connectivity index (χ1) is 15.2. The lowest BCUT2D eigenvalue weighted by Crippen LogP contribution is -2.63. The van der Waals surface area contributed by atoms with Crippen molar-refractivity contribution in [2.45, 2.75) is 51.1 Å². The number of carbonyl (C=O) groups excluding carboxylic acids is 2. The maximum atomic E-state index is 13.4. The molecule has 0 radical (unpaired) electrons. The predicted molar refractivity (Wildman–Crippen MR) is 122 cm³/mol. The molecule has 0 bridgehead atoms. The summed E-state index contributed by atoms with van der Waals surface area (Å²) in [6, 6.07) is 18.1. The number of piperazine rings is 1. The Labute approximate surface area is 183 Å². The molecule has 2 aliphatic heterocycles. The van der Waals surface area contributed by atoms with Gasteiger partial charge in [-0.25, -0.2) is 0 Å². The molecule has 31 heavy (non-hydrogen) atoms. The number of unbranched alkanes of at least 4 members (excludes halogenated alkanes) is 1. The minimum Gasteiger partial charge on any atom is -0.356 e. The lowest BCUT2D eigenvalue weighted by molar-refractivity contribution is -0.159. The van der Waals surface area contributed by atoms with Gasteiger partial charge in [0.1, 0.15) is 6.04 Å². The maximum Gasteiger partial charge on any atom is 0.246 e. The number of hydrogen-bond donors (Lipinski definition) is 1. The zero-order valence-corrected chi connectivity index (χ0v) is 18.0. The number of benzene rings is 2. The molecular formula is C26H29N3O2. The summed E-state index contributed by atoms with van der Waals surface area (Å²) in [6.45, 7) is 2.98. The van der Waals surface area contributed by atoms with Crippen LogP contribution in [0.2, 0.25) is 0 Å². The van der Waals surface area contributed by atoms with Crippen LogP contribution >= 0.6 is 0 Å². The van der Waals surface area contributed by atoms with Crippen molar-refractivity contribution in [3.05, 3.63) is 71.4 Å². The first-order valence-corrected chi connectivity index (χ1v) is 11.4. The smallest absolute Gasteiger partial charge is 0.246 e. The van der Waals surface area contributed by atoms with Crippen LogP contribution in [0.25, 0.3) is 10.9 Å². The fourth-order valence-electron chi connectivity index (χ4n) is 5.23. The molecule has 5 nitrogen and oxygen atoms in total. The number of hydrogen-bond acceptors (Lipinski definition) is 2. The standard InChI is InChI=1S/C26H29N3O2/c1-2-3-15-28-17-24(30)29-22(14-13-18-9-5-4-6-10-18)25-20(16-23(29)26(28)31)19-11-7-8-12-21(19)27-25/h4-12,22-23,27H,2-3,13-17H2,1H3/t22?,23-/m1/s1. The highest BCUT2D eigenvalue weighted by Crippen LogP contribution is 2.41. The lowest BCUT2D eigenvalue weighted by Gasteiger charge is -2.47. The highest BCUT2D eigenvalue weighted by molar-refractivity contribution is 5.97. The second-order valence-corrected chi connectivity index (χ2v) is 8.74. The average Bonchev–Trinajstić information content (AvgIpc) is 3.17. The van der Waals surface area contributed by atoms with Gasteiger partial charge in [0.15, 0.2) is 0 Å². The molecule has 0 aliphatic carbocycles. The summed E-state index contributed by atoms with van der Waals surface area (Å²) in [5, 5.41) is 1.17. The number of aromatic nitrogens is 1. The molecule has 2 aliphatic rings. The number of nitrogens with one attached hydrogen (secondary N) is 1. The van der Waals surface area contributed by atoms with E-state index in [1.165, 1.54) is 16.5 Å². The van der Waals surface area contributed by atoms with E-state index < -0.39 is 6.04 Å². The third kappa shape index (κ3) is 3.52. The first-order valence-electron chi connectivity index (χ1n) is 11.4. The lowest BCUT2D eigenvalue weighted by atomic mass is 9.86. The maximum absolute atomic E-state index is 13.4. The monoisotopic (exact) mass is 415 g/mol. The van der Waals surface area contributed by atoms with Crippen molar-refractivity contribution in [2.24, 2.45) is 0 Å². The zero-order valence-electron chi connectivity index (χ0n) is 18.0. The fourth-order valence-corrected chi connectivity index (χ4v) is 5.23. The second-order valence-electron chi connectivity index (χ2n) is 8.74. The van der Waals surface area contributed by atoms with E-state index in [4.69, 9.17) is 0 Å². The Kier molecular flexibility index (Phi) is 5.26. The minimum atomic E-state index is -0.398. The van der Waals surface area contributed by atoms with Crippen molar-refractivity contribution >= 4 is 22.7 Å². The predicted octanol–water partition coefficient (Wildman–Crippen LogP) is 4.24. The van der Waals surface area contributed by atoms with Gasteiger partial charge in [-0.3, -0.25) is 9.59 Å². The van der Waals surface area contributed by atoms with Crippen LogP contribution in [0.4, 0.5) is 0 Å². The van der Waals surface area contributed by atoms with Crippen LogP contribution in [0.5, 0.6) is 0 Å². The molecule has 0 spiro atoms. The highest BCUT2D eigenvalue weighted by atomic mass is 16.2. The molecule has 1 aromatic heterocycles. The Morgan fingerprint density at radius 3 is 2.61 bits per heavy atom. The number of nitrogens with zero attached hydrogens (tertiary/aromatic N) is 2. The van der Waals surface area contributed by atoms with Crippen LogP contribution in [0.1, 0.15) is 49.0 Å². The molecule has 0 saturated carbocycles. The van der Waals surface area contributed by atoms with E-state index in [-0.39, 0.29) is 24.4 Å². The van der Waals surface area contributed by atoms with Crippen LogP contribution in [0, 0.1) is 0 Å². The van der Waals surface area contributed by atoms with Gasteiger partial charge in [-0.1, -0.05) is 61.9 Å². The molecule has 3 heterocycles. The van der Waals surface area contributed by atoms with Crippen molar-refractivity contribution in [2.75, 3.05) is 13.1 Å². The Morgan fingerprint density at radius 1 is 1.03 bits per heavy atom. The van der Waals surface area contributed by atoms with Crippen molar-refractivity contribution in [1.29, 1.82) is 0 Å². The van der Waals surface area contributed by atoms with Crippen LogP contribution < -0.4 is 0 Å². The number of fused-ring (bicyclic) bond motifs is 4. The van der Waals surface area contributed by atoms with Crippen LogP contribution in [-0.4, -0.2) is 45.7 Å². The van der Waals surface area contributed by atoms with E-state index in [2.05, 4.69) is 48.3 Å². The molecular weight excluding hydrogens is 386 g/mol. The summed E-state index contributed by atoms with van der Waals surface area (Å²) in [5.74, 6) is 0.178. The molecule has 1 saturated heterocycles.